The fourth-order valence-corrected chi connectivity index (χ4v) is 2.33. The molecule has 3 N–H and O–H groups in total. The standard InChI is InChI=1S/C18H18N4O2/c1-12-6-7-16(20-11-12)22-17(23)8-9-19-18(24)15-10-13-4-2-3-5-14(13)21-15/h2-7,10-11,21H,8-9H2,1H3,(H,19,24)(H,20,22,23). The lowest BCUT2D eigenvalue weighted by Gasteiger charge is -2.05. The van der Waals surface area contributed by atoms with E-state index in [2.05, 4.69) is 20.6 Å². The van der Waals surface area contributed by atoms with E-state index in [-0.39, 0.29) is 24.8 Å². The molecule has 0 atom stereocenters. The summed E-state index contributed by atoms with van der Waals surface area (Å²) in [5.41, 5.74) is 2.42. The molecule has 0 fully saturated rings. The number of rotatable bonds is 5. The minimum absolute atomic E-state index is 0.182. The number of carbonyl (C=O) groups is 2. The molecular weight excluding hydrogens is 304 g/mol. The van der Waals surface area contributed by atoms with Crippen molar-refractivity contribution in [2.45, 2.75) is 13.3 Å². The van der Waals surface area contributed by atoms with Gasteiger partial charge in [0.1, 0.15) is 11.5 Å². The number of fused-ring (bicyclic) bond motifs is 1. The quantitative estimate of drug-likeness (QED) is 0.675. The molecule has 0 bridgehead atoms. The maximum Gasteiger partial charge on any atom is 0.267 e. The van der Waals surface area contributed by atoms with Crippen LogP contribution in [0.25, 0.3) is 10.9 Å². The number of aromatic amines is 1. The van der Waals surface area contributed by atoms with Crippen LogP contribution in [0.15, 0.2) is 48.7 Å². The van der Waals surface area contributed by atoms with E-state index in [1.807, 2.05) is 37.3 Å². The molecule has 6 heteroatoms. The van der Waals surface area contributed by atoms with E-state index in [0.29, 0.717) is 11.5 Å². The number of carbonyl (C=O) groups excluding carboxylic acids is 2. The van der Waals surface area contributed by atoms with Crippen LogP contribution in [0.3, 0.4) is 0 Å². The summed E-state index contributed by atoms with van der Waals surface area (Å²) in [5, 5.41) is 6.41. The largest absolute Gasteiger partial charge is 0.351 e. The summed E-state index contributed by atoms with van der Waals surface area (Å²) in [6.07, 6.45) is 1.87. The lowest BCUT2D eigenvalue weighted by Crippen LogP contribution is -2.28. The van der Waals surface area contributed by atoms with Gasteiger partial charge in [-0.05, 0) is 30.7 Å². The molecule has 2 heterocycles. The second kappa shape index (κ2) is 6.95. The van der Waals surface area contributed by atoms with Crippen molar-refractivity contribution in [3.05, 3.63) is 59.9 Å². The Balaban J connectivity index is 1.49. The lowest BCUT2D eigenvalue weighted by molar-refractivity contribution is -0.116. The van der Waals surface area contributed by atoms with Gasteiger partial charge in [0.05, 0.1) is 0 Å². The SMILES string of the molecule is Cc1ccc(NC(=O)CCNC(=O)c2cc3ccccc3[nH]2)nc1. The molecule has 6 nitrogen and oxygen atoms in total. The van der Waals surface area contributed by atoms with Gasteiger partial charge in [0.2, 0.25) is 5.91 Å². The average Bonchev–Trinajstić information content (AvgIpc) is 3.01. The number of benzene rings is 1. The van der Waals surface area contributed by atoms with E-state index in [1.54, 1.807) is 18.3 Å². The molecule has 0 unspecified atom stereocenters. The number of pyridine rings is 1. The van der Waals surface area contributed by atoms with Crippen molar-refractivity contribution in [2.75, 3.05) is 11.9 Å². The molecule has 0 spiro atoms. The Hall–Kier alpha value is -3.15. The second-order valence-corrected chi connectivity index (χ2v) is 5.55. The molecule has 0 aliphatic heterocycles. The Morgan fingerprint density at radius 3 is 2.75 bits per heavy atom. The van der Waals surface area contributed by atoms with Crippen molar-refractivity contribution in [2.24, 2.45) is 0 Å². The number of hydrogen-bond acceptors (Lipinski definition) is 3. The van der Waals surface area contributed by atoms with E-state index in [9.17, 15) is 9.59 Å². The van der Waals surface area contributed by atoms with Crippen LogP contribution >= 0.6 is 0 Å². The molecule has 2 aromatic heterocycles. The predicted octanol–water partition coefficient (Wildman–Crippen LogP) is 2.63. The molecule has 3 rings (SSSR count). The van der Waals surface area contributed by atoms with Crippen molar-refractivity contribution in [1.29, 1.82) is 0 Å². The first kappa shape index (κ1) is 15.7. The molecule has 0 saturated heterocycles. The summed E-state index contributed by atoms with van der Waals surface area (Å²) >= 11 is 0. The van der Waals surface area contributed by atoms with Gasteiger partial charge in [-0.25, -0.2) is 4.98 Å². The number of aromatic nitrogens is 2. The van der Waals surface area contributed by atoms with E-state index in [0.717, 1.165) is 16.5 Å². The van der Waals surface area contributed by atoms with Crippen molar-refractivity contribution < 1.29 is 9.59 Å². The number of nitrogens with zero attached hydrogens (tertiary/aromatic N) is 1. The second-order valence-electron chi connectivity index (χ2n) is 5.55. The third kappa shape index (κ3) is 3.78. The summed E-state index contributed by atoms with van der Waals surface area (Å²) in [7, 11) is 0. The van der Waals surface area contributed by atoms with Crippen LogP contribution in [0.4, 0.5) is 5.82 Å². The fourth-order valence-electron chi connectivity index (χ4n) is 2.33. The number of hydrogen-bond donors (Lipinski definition) is 3. The highest BCUT2D eigenvalue weighted by Gasteiger charge is 2.10. The van der Waals surface area contributed by atoms with Crippen molar-refractivity contribution in [3.63, 3.8) is 0 Å². The first-order chi connectivity index (χ1) is 11.6. The third-order valence-electron chi connectivity index (χ3n) is 3.59. The molecule has 0 aliphatic rings. The molecule has 0 radical (unpaired) electrons. The molecule has 122 valence electrons. The van der Waals surface area contributed by atoms with Crippen LogP contribution in [0.1, 0.15) is 22.5 Å². The van der Waals surface area contributed by atoms with Gasteiger partial charge in [-0.1, -0.05) is 24.3 Å². The molecule has 24 heavy (non-hydrogen) atoms. The minimum Gasteiger partial charge on any atom is -0.351 e. The number of anilines is 1. The van der Waals surface area contributed by atoms with Crippen LogP contribution in [0.2, 0.25) is 0 Å². The average molecular weight is 322 g/mol. The molecular formula is C18H18N4O2. The van der Waals surface area contributed by atoms with Gasteiger partial charge < -0.3 is 15.6 Å². The van der Waals surface area contributed by atoms with E-state index >= 15 is 0 Å². The number of nitrogens with one attached hydrogen (secondary N) is 3. The van der Waals surface area contributed by atoms with Crippen LogP contribution in [0.5, 0.6) is 0 Å². The minimum atomic E-state index is -0.229. The van der Waals surface area contributed by atoms with Crippen molar-refractivity contribution in [1.82, 2.24) is 15.3 Å². The number of aryl methyl sites for hydroxylation is 1. The molecule has 0 saturated carbocycles. The highest BCUT2D eigenvalue weighted by Crippen LogP contribution is 2.14. The summed E-state index contributed by atoms with van der Waals surface area (Å²) in [4.78, 5) is 31.1. The maximum atomic E-state index is 12.1. The highest BCUT2D eigenvalue weighted by molar-refractivity contribution is 5.98. The molecule has 2 amide bonds. The zero-order chi connectivity index (χ0) is 16.9. The van der Waals surface area contributed by atoms with Gasteiger partial charge in [0, 0.05) is 30.1 Å². The summed E-state index contributed by atoms with van der Waals surface area (Å²) in [6, 6.07) is 13.1. The zero-order valence-electron chi connectivity index (χ0n) is 13.3. The van der Waals surface area contributed by atoms with E-state index in [4.69, 9.17) is 0 Å². The number of para-hydroxylation sites is 1. The Morgan fingerprint density at radius 1 is 1.17 bits per heavy atom. The van der Waals surface area contributed by atoms with Crippen molar-refractivity contribution >= 4 is 28.5 Å². The first-order valence-electron chi connectivity index (χ1n) is 7.70. The third-order valence-corrected chi connectivity index (χ3v) is 3.59. The normalized spacial score (nSPS) is 10.5. The first-order valence-corrected chi connectivity index (χ1v) is 7.70. The van der Waals surface area contributed by atoms with Gasteiger partial charge in [0.15, 0.2) is 0 Å². The van der Waals surface area contributed by atoms with Gasteiger partial charge >= 0.3 is 0 Å². The summed E-state index contributed by atoms with van der Waals surface area (Å²) < 4.78 is 0. The van der Waals surface area contributed by atoms with Gasteiger partial charge in [-0.3, -0.25) is 9.59 Å². The fraction of sp³-hybridized carbons (Fsp3) is 0.167. The Bertz CT molecular complexity index is 835. The Labute approximate surface area is 139 Å². The van der Waals surface area contributed by atoms with Crippen molar-refractivity contribution in [3.8, 4) is 0 Å². The maximum absolute atomic E-state index is 12.1. The van der Waals surface area contributed by atoms with Gasteiger partial charge in [0.25, 0.3) is 5.91 Å². The highest BCUT2D eigenvalue weighted by atomic mass is 16.2. The van der Waals surface area contributed by atoms with Gasteiger partial charge in [-0.2, -0.15) is 0 Å². The smallest absolute Gasteiger partial charge is 0.267 e. The van der Waals surface area contributed by atoms with E-state index < -0.39 is 0 Å². The number of amides is 2. The number of H-pyrrole nitrogens is 1. The monoisotopic (exact) mass is 322 g/mol. The summed E-state index contributed by atoms with van der Waals surface area (Å²) in [5.74, 6) is 0.0864. The molecule has 3 aromatic rings. The van der Waals surface area contributed by atoms with Gasteiger partial charge in [-0.15, -0.1) is 0 Å². The predicted molar refractivity (Wildman–Crippen MR) is 92.9 cm³/mol. The molecule has 0 aliphatic carbocycles. The zero-order valence-corrected chi connectivity index (χ0v) is 13.3. The lowest BCUT2D eigenvalue weighted by atomic mass is 10.2. The molecule has 1 aromatic carbocycles. The van der Waals surface area contributed by atoms with Crippen LogP contribution < -0.4 is 10.6 Å². The summed E-state index contributed by atoms with van der Waals surface area (Å²) in [6.45, 7) is 2.18. The topological polar surface area (TPSA) is 86.9 Å². The Kier molecular flexibility index (Phi) is 4.56. The van der Waals surface area contributed by atoms with Crippen LogP contribution in [0, 0.1) is 6.92 Å². The Morgan fingerprint density at radius 2 is 2.00 bits per heavy atom. The van der Waals surface area contributed by atoms with Crippen LogP contribution in [-0.2, 0) is 4.79 Å². The van der Waals surface area contributed by atoms with E-state index in [1.165, 1.54) is 0 Å². The van der Waals surface area contributed by atoms with Crippen LogP contribution in [-0.4, -0.2) is 28.3 Å².